The Morgan fingerprint density at radius 1 is 1.00 bits per heavy atom. The van der Waals surface area contributed by atoms with Crippen LogP contribution in [0.5, 0.6) is 0 Å². The molecule has 7 heteroatoms. The number of hydrogen-bond donors (Lipinski definition) is 0. The summed E-state index contributed by atoms with van der Waals surface area (Å²) >= 11 is 1.47. The Hall–Kier alpha value is -2.51. The minimum absolute atomic E-state index is 0.0439. The average Bonchev–Trinajstić information content (AvgIpc) is 3.12. The predicted molar refractivity (Wildman–Crippen MR) is 109 cm³/mol. The number of amides is 1. The lowest BCUT2D eigenvalue weighted by Crippen LogP contribution is -2.64. The Morgan fingerprint density at radius 2 is 1.71 bits per heavy atom. The molecule has 0 atom stereocenters. The first kappa shape index (κ1) is 17.6. The fourth-order valence-electron chi connectivity index (χ4n) is 3.95. The van der Waals surface area contributed by atoms with Crippen LogP contribution in [0.3, 0.4) is 0 Å². The molecule has 2 aliphatic rings. The van der Waals surface area contributed by atoms with Gasteiger partial charge in [0, 0.05) is 51.0 Å². The zero-order valence-electron chi connectivity index (χ0n) is 15.4. The van der Waals surface area contributed by atoms with Crippen LogP contribution in [0, 0.1) is 5.82 Å². The van der Waals surface area contributed by atoms with Gasteiger partial charge in [0.15, 0.2) is 5.01 Å². The Kier molecular flexibility index (Phi) is 4.49. The van der Waals surface area contributed by atoms with Crippen molar-refractivity contribution in [3.05, 3.63) is 59.4 Å². The standard InChI is InChI=1S/C21H21FN4OS/c22-15-5-7-16(8-6-15)24-9-11-25(12-10-24)17-13-26(14-17)21(27)20-23-18-3-1-2-4-19(18)28-20/h1-8,17H,9-14H2. The molecule has 0 saturated carbocycles. The number of fused-ring (bicyclic) bond motifs is 1. The van der Waals surface area contributed by atoms with Gasteiger partial charge >= 0.3 is 0 Å². The minimum atomic E-state index is -0.199. The molecule has 0 bridgehead atoms. The van der Waals surface area contributed by atoms with Crippen LogP contribution in [0.25, 0.3) is 10.2 Å². The smallest absolute Gasteiger partial charge is 0.282 e. The monoisotopic (exact) mass is 396 g/mol. The van der Waals surface area contributed by atoms with E-state index in [2.05, 4.69) is 14.8 Å². The molecule has 0 spiro atoms. The summed E-state index contributed by atoms with van der Waals surface area (Å²) in [6.07, 6.45) is 0. The van der Waals surface area contributed by atoms with E-state index in [0.29, 0.717) is 11.0 Å². The Bertz CT molecular complexity index is 958. The second-order valence-electron chi connectivity index (χ2n) is 7.35. The molecule has 1 amide bonds. The average molecular weight is 396 g/mol. The number of piperazine rings is 1. The molecular weight excluding hydrogens is 375 g/mol. The van der Waals surface area contributed by atoms with Gasteiger partial charge in [0.05, 0.1) is 10.2 Å². The van der Waals surface area contributed by atoms with E-state index in [1.54, 1.807) is 0 Å². The van der Waals surface area contributed by atoms with Crippen molar-refractivity contribution in [2.75, 3.05) is 44.2 Å². The molecule has 5 nitrogen and oxygen atoms in total. The van der Waals surface area contributed by atoms with E-state index in [9.17, 15) is 9.18 Å². The molecule has 2 fully saturated rings. The highest BCUT2D eigenvalue weighted by Gasteiger charge is 2.37. The van der Waals surface area contributed by atoms with Gasteiger partial charge in [-0.15, -0.1) is 11.3 Å². The van der Waals surface area contributed by atoms with Crippen LogP contribution in [-0.2, 0) is 0 Å². The summed E-state index contributed by atoms with van der Waals surface area (Å²) in [5, 5.41) is 0.584. The van der Waals surface area contributed by atoms with Gasteiger partial charge < -0.3 is 9.80 Å². The van der Waals surface area contributed by atoms with Crippen molar-refractivity contribution >= 4 is 33.1 Å². The third-order valence-electron chi connectivity index (χ3n) is 5.65. The fourth-order valence-corrected chi connectivity index (χ4v) is 4.88. The van der Waals surface area contributed by atoms with Crippen LogP contribution < -0.4 is 4.90 Å². The molecule has 3 aromatic rings. The third kappa shape index (κ3) is 3.25. The SMILES string of the molecule is O=C(c1nc2ccccc2s1)N1CC(N2CCN(c3ccc(F)cc3)CC2)C1. The van der Waals surface area contributed by atoms with Gasteiger partial charge in [-0.3, -0.25) is 9.69 Å². The normalized spacial score (nSPS) is 18.5. The maximum Gasteiger partial charge on any atom is 0.282 e. The van der Waals surface area contributed by atoms with Crippen molar-refractivity contribution in [1.29, 1.82) is 0 Å². The van der Waals surface area contributed by atoms with Crippen LogP contribution in [0.15, 0.2) is 48.5 Å². The lowest BCUT2D eigenvalue weighted by atomic mass is 10.1. The van der Waals surface area contributed by atoms with Gasteiger partial charge in [-0.25, -0.2) is 9.37 Å². The van der Waals surface area contributed by atoms with Crippen LogP contribution >= 0.6 is 11.3 Å². The third-order valence-corrected chi connectivity index (χ3v) is 6.67. The molecule has 3 heterocycles. The highest BCUT2D eigenvalue weighted by molar-refractivity contribution is 7.20. The minimum Gasteiger partial charge on any atom is -0.369 e. The highest BCUT2D eigenvalue weighted by Crippen LogP contribution is 2.26. The second-order valence-corrected chi connectivity index (χ2v) is 8.38. The Balaban J connectivity index is 1.15. The maximum atomic E-state index is 13.1. The number of halogens is 1. The number of rotatable bonds is 3. The number of aromatic nitrogens is 1. The van der Waals surface area contributed by atoms with Gasteiger partial charge in [-0.05, 0) is 36.4 Å². The first-order valence-electron chi connectivity index (χ1n) is 9.57. The Morgan fingerprint density at radius 3 is 2.43 bits per heavy atom. The van der Waals surface area contributed by atoms with Crippen molar-refractivity contribution in [3.63, 3.8) is 0 Å². The van der Waals surface area contributed by atoms with Gasteiger partial charge in [-0.2, -0.15) is 0 Å². The second kappa shape index (κ2) is 7.14. The molecule has 1 aromatic heterocycles. The van der Waals surface area contributed by atoms with Crippen LogP contribution in [0.2, 0.25) is 0 Å². The van der Waals surface area contributed by atoms with E-state index in [1.165, 1.54) is 23.5 Å². The van der Waals surface area contributed by atoms with Gasteiger partial charge in [-0.1, -0.05) is 12.1 Å². The van der Waals surface area contributed by atoms with E-state index in [4.69, 9.17) is 0 Å². The van der Waals surface area contributed by atoms with E-state index in [0.717, 1.165) is 55.2 Å². The van der Waals surface area contributed by atoms with Gasteiger partial charge in [0.2, 0.25) is 0 Å². The van der Waals surface area contributed by atoms with Crippen LogP contribution in [-0.4, -0.2) is 66.0 Å². The summed E-state index contributed by atoms with van der Waals surface area (Å²) in [7, 11) is 0. The molecule has 0 unspecified atom stereocenters. The number of nitrogens with zero attached hydrogens (tertiary/aromatic N) is 4. The zero-order valence-corrected chi connectivity index (χ0v) is 16.2. The number of carbonyl (C=O) groups is 1. The summed E-state index contributed by atoms with van der Waals surface area (Å²) < 4.78 is 14.2. The number of thiazole rings is 1. The number of benzene rings is 2. The van der Waals surface area contributed by atoms with Crippen molar-refractivity contribution in [1.82, 2.24) is 14.8 Å². The quantitative estimate of drug-likeness (QED) is 0.682. The predicted octanol–water partition coefficient (Wildman–Crippen LogP) is 3.08. The Labute approximate surface area is 167 Å². The van der Waals surface area contributed by atoms with E-state index >= 15 is 0 Å². The lowest BCUT2D eigenvalue weighted by molar-refractivity contribution is 0.0247. The molecule has 0 radical (unpaired) electrons. The van der Waals surface area contributed by atoms with Crippen LogP contribution in [0.1, 0.15) is 9.80 Å². The maximum absolute atomic E-state index is 13.1. The molecule has 5 rings (SSSR count). The van der Waals surface area contributed by atoms with Crippen molar-refractivity contribution < 1.29 is 9.18 Å². The first-order chi connectivity index (χ1) is 13.7. The number of carbonyl (C=O) groups excluding carboxylic acids is 1. The molecule has 2 saturated heterocycles. The first-order valence-corrected chi connectivity index (χ1v) is 10.4. The van der Waals surface area contributed by atoms with E-state index < -0.39 is 0 Å². The fraction of sp³-hybridized carbons (Fsp3) is 0.333. The van der Waals surface area contributed by atoms with Crippen molar-refractivity contribution in [2.45, 2.75) is 6.04 Å². The lowest BCUT2D eigenvalue weighted by Gasteiger charge is -2.48. The molecule has 28 heavy (non-hydrogen) atoms. The summed E-state index contributed by atoms with van der Waals surface area (Å²) in [4.78, 5) is 23.8. The number of hydrogen-bond acceptors (Lipinski definition) is 5. The number of para-hydroxylation sites is 1. The highest BCUT2D eigenvalue weighted by atomic mass is 32.1. The van der Waals surface area contributed by atoms with Gasteiger partial charge in [0.1, 0.15) is 5.82 Å². The molecule has 2 aliphatic heterocycles. The molecule has 0 aliphatic carbocycles. The van der Waals surface area contributed by atoms with Gasteiger partial charge in [0.25, 0.3) is 5.91 Å². The number of anilines is 1. The summed E-state index contributed by atoms with van der Waals surface area (Å²) in [5.41, 5.74) is 1.96. The summed E-state index contributed by atoms with van der Waals surface area (Å²) in [6, 6.07) is 15.0. The summed E-state index contributed by atoms with van der Waals surface area (Å²) in [6.45, 7) is 5.31. The van der Waals surface area contributed by atoms with Crippen molar-refractivity contribution in [3.8, 4) is 0 Å². The van der Waals surface area contributed by atoms with E-state index in [-0.39, 0.29) is 11.7 Å². The van der Waals surface area contributed by atoms with Crippen molar-refractivity contribution in [2.24, 2.45) is 0 Å². The zero-order chi connectivity index (χ0) is 19.1. The topological polar surface area (TPSA) is 39.7 Å². The molecular formula is C21H21FN4OS. The number of likely N-dealkylation sites (tertiary alicyclic amines) is 1. The van der Waals surface area contributed by atoms with Crippen LogP contribution in [0.4, 0.5) is 10.1 Å². The summed E-state index contributed by atoms with van der Waals surface area (Å²) in [5.74, 6) is -0.155. The van der Waals surface area contributed by atoms with E-state index in [1.807, 2.05) is 41.3 Å². The molecule has 0 N–H and O–H groups in total. The molecule has 144 valence electrons. The largest absolute Gasteiger partial charge is 0.369 e. The molecule has 2 aromatic carbocycles.